The molecule has 0 aromatic carbocycles. The summed E-state index contributed by atoms with van der Waals surface area (Å²) in [7, 11) is 2.08. The Balaban J connectivity index is 2.33. The molecule has 0 atom stereocenters. The van der Waals surface area contributed by atoms with Crippen LogP contribution in [0.5, 0.6) is 0 Å². The van der Waals surface area contributed by atoms with Crippen LogP contribution in [0.15, 0.2) is 0 Å². The van der Waals surface area contributed by atoms with Gasteiger partial charge in [-0.3, -0.25) is 0 Å². The van der Waals surface area contributed by atoms with Crippen LogP contribution in [-0.2, 0) is 4.74 Å². The lowest BCUT2D eigenvalue weighted by atomic mass is 10.0. The van der Waals surface area contributed by atoms with Gasteiger partial charge < -0.3 is 14.7 Å². The Kier molecular flexibility index (Phi) is 3.71. The molecule has 1 aliphatic heterocycles. The lowest BCUT2D eigenvalue weighted by molar-refractivity contribution is -0.00224. The molecule has 1 rings (SSSR count). The summed E-state index contributed by atoms with van der Waals surface area (Å²) in [5, 5.41) is 9.65. The summed E-state index contributed by atoms with van der Waals surface area (Å²) < 4.78 is 5.29. The molecule has 0 bridgehead atoms. The van der Waals surface area contributed by atoms with Gasteiger partial charge in [-0.1, -0.05) is 0 Å². The standard InChI is InChI=1S/C10H21NO2/c1-10(2,12)8-11(3)9-4-6-13-7-5-9/h9,12H,4-8H2,1-3H3. The molecule has 3 heteroatoms. The fraction of sp³-hybridized carbons (Fsp3) is 1.00. The molecule has 0 unspecified atom stereocenters. The number of hydrogen-bond donors (Lipinski definition) is 1. The lowest BCUT2D eigenvalue weighted by Crippen LogP contribution is -2.44. The van der Waals surface area contributed by atoms with E-state index in [9.17, 15) is 5.11 Å². The first-order valence-corrected chi connectivity index (χ1v) is 4.99. The van der Waals surface area contributed by atoms with Crippen molar-refractivity contribution in [2.75, 3.05) is 26.8 Å². The maximum absolute atomic E-state index is 9.65. The number of likely N-dealkylation sites (N-methyl/N-ethyl adjacent to an activating group) is 1. The smallest absolute Gasteiger partial charge is 0.0718 e. The van der Waals surface area contributed by atoms with E-state index in [4.69, 9.17) is 4.74 Å². The molecule has 0 aromatic heterocycles. The Morgan fingerprint density at radius 3 is 2.38 bits per heavy atom. The maximum Gasteiger partial charge on any atom is 0.0718 e. The first kappa shape index (κ1) is 11.0. The summed E-state index contributed by atoms with van der Waals surface area (Å²) in [4.78, 5) is 2.24. The maximum atomic E-state index is 9.65. The second-order valence-corrected chi connectivity index (χ2v) is 4.57. The van der Waals surface area contributed by atoms with Crippen LogP contribution in [0.4, 0.5) is 0 Å². The zero-order valence-electron chi connectivity index (χ0n) is 8.92. The normalized spacial score (nSPS) is 21.0. The second-order valence-electron chi connectivity index (χ2n) is 4.57. The van der Waals surface area contributed by atoms with E-state index in [1.54, 1.807) is 0 Å². The van der Waals surface area contributed by atoms with Crippen LogP contribution >= 0.6 is 0 Å². The van der Waals surface area contributed by atoms with Gasteiger partial charge in [-0.2, -0.15) is 0 Å². The number of rotatable bonds is 3. The third-order valence-corrected chi connectivity index (χ3v) is 2.45. The van der Waals surface area contributed by atoms with E-state index in [0.717, 1.165) is 32.6 Å². The van der Waals surface area contributed by atoms with Gasteiger partial charge in [0.1, 0.15) is 0 Å². The van der Waals surface area contributed by atoms with E-state index < -0.39 is 5.60 Å². The SMILES string of the molecule is CN(CC(C)(C)O)C1CCOCC1. The second kappa shape index (κ2) is 4.40. The highest BCUT2D eigenvalue weighted by Crippen LogP contribution is 2.15. The van der Waals surface area contributed by atoms with Crippen molar-refractivity contribution in [3.05, 3.63) is 0 Å². The van der Waals surface area contributed by atoms with Crippen LogP contribution in [0.3, 0.4) is 0 Å². The monoisotopic (exact) mass is 187 g/mol. The summed E-state index contributed by atoms with van der Waals surface area (Å²) >= 11 is 0. The molecule has 0 aromatic rings. The number of ether oxygens (including phenoxy) is 1. The molecule has 1 N–H and O–H groups in total. The summed E-state index contributed by atoms with van der Waals surface area (Å²) in [6.07, 6.45) is 2.18. The molecule has 0 amide bonds. The molecular formula is C10H21NO2. The van der Waals surface area contributed by atoms with Crippen molar-refractivity contribution >= 4 is 0 Å². The van der Waals surface area contributed by atoms with E-state index in [0.29, 0.717) is 6.04 Å². The Morgan fingerprint density at radius 2 is 1.92 bits per heavy atom. The highest BCUT2D eigenvalue weighted by molar-refractivity contribution is 4.77. The minimum Gasteiger partial charge on any atom is -0.389 e. The van der Waals surface area contributed by atoms with Gasteiger partial charge in [-0.25, -0.2) is 0 Å². The first-order valence-electron chi connectivity index (χ1n) is 4.99. The number of nitrogens with zero attached hydrogens (tertiary/aromatic N) is 1. The van der Waals surface area contributed by atoms with Crippen molar-refractivity contribution in [1.29, 1.82) is 0 Å². The van der Waals surface area contributed by atoms with Crippen LogP contribution in [0.2, 0.25) is 0 Å². The summed E-state index contributed by atoms with van der Waals surface area (Å²) in [6, 6.07) is 0.583. The third-order valence-electron chi connectivity index (χ3n) is 2.45. The molecule has 1 aliphatic rings. The van der Waals surface area contributed by atoms with Crippen molar-refractivity contribution in [3.8, 4) is 0 Å². The Morgan fingerprint density at radius 1 is 1.38 bits per heavy atom. The van der Waals surface area contributed by atoms with Gasteiger partial charge in [0.25, 0.3) is 0 Å². The quantitative estimate of drug-likeness (QED) is 0.711. The lowest BCUT2D eigenvalue weighted by Gasteiger charge is -2.34. The highest BCUT2D eigenvalue weighted by Gasteiger charge is 2.23. The van der Waals surface area contributed by atoms with Gasteiger partial charge in [0.2, 0.25) is 0 Å². The van der Waals surface area contributed by atoms with Crippen molar-refractivity contribution in [3.63, 3.8) is 0 Å². The van der Waals surface area contributed by atoms with E-state index in [1.165, 1.54) is 0 Å². The molecule has 1 heterocycles. The molecule has 13 heavy (non-hydrogen) atoms. The largest absolute Gasteiger partial charge is 0.389 e. The van der Waals surface area contributed by atoms with E-state index in [1.807, 2.05) is 13.8 Å². The van der Waals surface area contributed by atoms with Gasteiger partial charge in [0.05, 0.1) is 5.60 Å². The van der Waals surface area contributed by atoms with Crippen LogP contribution in [0.25, 0.3) is 0 Å². The van der Waals surface area contributed by atoms with Crippen LogP contribution < -0.4 is 0 Å². The van der Waals surface area contributed by atoms with Crippen molar-refractivity contribution in [2.24, 2.45) is 0 Å². The number of aliphatic hydroxyl groups is 1. The fourth-order valence-electron chi connectivity index (χ4n) is 1.87. The van der Waals surface area contributed by atoms with Gasteiger partial charge >= 0.3 is 0 Å². The Hall–Kier alpha value is -0.120. The molecule has 0 radical (unpaired) electrons. The summed E-state index contributed by atoms with van der Waals surface area (Å²) in [5.74, 6) is 0. The predicted molar refractivity (Wildman–Crippen MR) is 52.8 cm³/mol. The van der Waals surface area contributed by atoms with Crippen LogP contribution in [0, 0.1) is 0 Å². The Labute approximate surface area is 80.7 Å². The summed E-state index contributed by atoms with van der Waals surface area (Å²) in [6.45, 7) is 6.16. The first-order chi connectivity index (χ1) is 5.99. The van der Waals surface area contributed by atoms with E-state index in [2.05, 4.69) is 11.9 Å². The zero-order valence-corrected chi connectivity index (χ0v) is 8.92. The zero-order chi connectivity index (χ0) is 9.90. The van der Waals surface area contributed by atoms with Crippen molar-refractivity contribution < 1.29 is 9.84 Å². The highest BCUT2D eigenvalue weighted by atomic mass is 16.5. The molecule has 1 fully saturated rings. The molecule has 0 saturated carbocycles. The molecule has 0 spiro atoms. The molecule has 1 saturated heterocycles. The Bertz CT molecular complexity index is 147. The van der Waals surface area contributed by atoms with Gasteiger partial charge in [0, 0.05) is 25.8 Å². The van der Waals surface area contributed by atoms with Gasteiger partial charge in [-0.05, 0) is 33.7 Å². The van der Waals surface area contributed by atoms with Crippen LogP contribution in [-0.4, -0.2) is 48.5 Å². The van der Waals surface area contributed by atoms with Crippen LogP contribution in [0.1, 0.15) is 26.7 Å². The van der Waals surface area contributed by atoms with E-state index >= 15 is 0 Å². The summed E-state index contributed by atoms with van der Waals surface area (Å²) in [5.41, 5.74) is -0.590. The topological polar surface area (TPSA) is 32.7 Å². The van der Waals surface area contributed by atoms with Gasteiger partial charge in [0.15, 0.2) is 0 Å². The third kappa shape index (κ3) is 4.07. The molecule has 3 nitrogen and oxygen atoms in total. The van der Waals surface area contributed by atoms with Crippen molar-refractivity contribution in [1.82, 2.24) is 4.90 Å². The average Bonchev–Trinajstić information content (AvgIpc) is 2.03. The minimum absolute atomic E-state index is 0.583. The minimum atomic E-state index is -0.590. The fourth-order valence-corrected chi connectivity index (χ4v) is 1.87. The average molecular weight is 187 g/mol. The van der Waals surface area contributed by atoms with Gasteiger partial charge in [-0.15, -0.1) is 0 Å². The molecular weight excluding hydrogens is 166 g/mol. The van der Waals surface area contributed by atoms with E-state index in [-0.39, 0.29) is 0 Å². The number of hydrogen-bond acceptors (Lipinski definition) is 3. The molecule has 0 aliphatic carbocycles. The van der Waals surface area contributed by atoms with Crippen molar-refractivity contribution in [2.45, 2.75) is 38.3 Å². The predicted octanol–water partition coefficient (Wildman–Crippen LogP) is 0.868. The molecule has 78 valence electrons.